The summed E-state index contributed by atoms with van der Waals surface area (Å²) >= 11 is 5.89. The Hall–Kier alpha value is -4.55. The molecule has 4 aromatic rings. The van der Waals surface area contributed by atoms with Crippen LogP contribution in [0.25, 0.3) is 12.2 Å². The van der Waals surface area contributed by atoms with Crippen molar-refractivity contribution in [2.75, 3.05) is 0 Å². The lowest BCUT2D eigenvalue weighted by Gasteiger charge is -2.24. The van der Waals surface area contributed by atoms with Gasteiger partial charge >= 0.3 is 5.97 Å². The van der Waals surface area contributed by atoms with Crippen molar-refractivity contribution in [2.45, 2.75) is 19.4 Å². The second kappa shape index (κ2) is 11.2. The molecule has 0 saturated carbocycles. The van der Waals surface area contributed by atoms with E-state index in [1.165, 1.54) is 18.2 Å². The fraction of sp³-hybridized carbons (Fsp3) is 0.0968. The molecule has 0 aliphatic carbocycles. The van der Waals surface area contributed by atoms with Crippen molar-refractivity contribution in [2.24, 2.45) is 0 Å². The summed E-state index contributed by atoms with van der Waals surface area (Å²) in [7, 11) is 0. The predicted molar refractivity (Wildman–Crippen MR) is 147 cm³/mol. The first-order valence-electron chi connectivity index (χ1n) is 11.7. The summed E-state index contributed by atoms with van der Waals surface area (Å²) in [5, 5.41) is 19.7. The van der Waals surface area contributed by atoms with Gasteiger partial charge in [0.2, 0.25) is 5.60 Å². The van der Waals surface area contributed by atoms with Crippen LogP contribution in [0, 0.1) is 0 Å². The maximum atomic E-state index is 12.8. The number of esters is 1. The summed E-state index contributed by atoms with van der Waals surface area (Å²) < 4.78 is 11.4. The van der Waals surface area contributed by atoms with Gasteiger partial charge < -0.3 is 19.7 Å². The highest BCUT2D eigenvalue weighted by Crippen LogP contribution is 2.25. The van der Waals surface area contributed by atoms with Gasteiger partial charge in [-0.3, -0.25) is 4.79 Å². The number of halogens is 1. The van der Waals surface area contributed by atoms with E-state index in [9.17, 15) is 19.8 Å². The molecule has 4 aromatic carbocycles. The normalized spacial score (nSPS) is 11.3. The zero-order valence-electron chi connectivity index (χ0n) is 20.7. The van der Waals surface area contributed by atoms with Gasteiger partial charge in [0.05, 0.1) is 0 Å². The molecule has 0 heterocycles. The minimum absolute atomic E-state index is 0.0286. The number of phenolic OH excluding ortho intramolecular Hbond substituents is 2. The number of benzene rings is 4. The van der Waals surface area contributed by atoms with Crippen molar-refractivity contribution < 1.29 is 29.3 Å². The molecule has 0 spiro atoms. The number of hydrogen-bond donors (Lipinski definition) is 2. The highest BCUT2D eigenvalue weighted by molar-refractivity contribution is 6.30. The van der Waals surface area contributed by atoms with E-state index in [1.807, 2.05) is 0 Å². The molecule has 192 valence electrons. The summed E-state index contributed by atoms with van der Waals surface area (Å²) in [6, 6.07) is 24.3. The predicted octanol–water partition coefficient (Wildman–Crippen LogP) is 6.92. The molecule has 7 heteroatoms. The van der Waals surface area contributed by atoms with E-state index in [1.54, 1.807) is 98.8 Å². The third kappa shape index (κ3) is 6.81. The molecule has 0 aliphatic heterocycles. The minimum atomic E-state index is -1.29. The molecule has 0 bridgehead atoms. The van der Waals surface area contributed by atoms with Crippen LogP contribution in [-0.4, -0.2) is 27.6 Å². The Morgan fingerprint density at radius 2 is 1.21 bits per heavy atom. The average Bonchev–Trinajstić information content (AvgIpc) is 2.88. The Morgan fingerprint density at radius 3 is 1.79 bits per heavy atom. The molecular formula is C31H25ClO6. The van der Waals surface area contributed by atoms with Crippen LogP contribution in [-0.2, 0) is 4.79 Å². The standard InChI is InChI=1S/C31H25ClO6/c1-31(2,38-28-15-9-23(10-16-28)29(35)22-7-11-24(32)12-8-22)30(36)37-27-13-5-20(6-14-27)3-4-21-17-25(33)19-26(34)18-21/h3-19,33-34H,1-2H3. The van der Waals surface area contributed by atoms with Crippen LogP contribution in [0.15, 0.2) is 91.0 Å². The smallest absolute Gasteiger partial charge is 0.355 e. The maximum absolute atomic E-state index is 12.8. The third-order valence-electron chi connectivity index (χ3n) is 5.57. The Bertz CT molecular complexity index is 1450. The number of carbonyl (C=O) groups is 2. The number of rotatable bonds is 8. The quantitative estimate of drug-likeness (QED) is 0.112. The number of carbonyl (C=O) groups excluding carboxylic acids is 2. The Morgan fingerprint density at radius 1 is 0.711 bits per heavy atom. The summed E-state index contributed by atoms with van der Waals surface area (Å²) in [6.45, 7) is 3.20. The summed E-state index contributed by atoms with van der Waals surface area (Å²) in [6.07, 6.45) is 3.54. The second-order valence-corrected chi connectivity index (χ2v) is 9.48. The average molecular weight is 529 g/mol. The number of aromatic hydroxyl groups is 2. The van der Waals surface area contributed by atoms with Crippen molar-refractivity contribution >= 4 is 35.5 Å². The third-order valence-corrected chi connectivity index (χ3v) is 5.82. The van der Waals surface area contributed by atoms with Gasteiger partial charge in [-0.15, -0.1) is 0 Å². The largest absolute Gasteiger partial charge is 0.508 e. The summed E-state index contributed by atoms with van der Waals surface area (Å²) in [4.78, 5) is 25.5. The summed E-state index contributed by atoms with van der Waals surface area (Å²) in [5.41, 5.74) is 1.18. The van der Waals surface area contributed by atoms with Crippen LogP contribution < -0.4 is 9.47 Å². The van der Waals surface area contributed by atoms with Crippen LogP contribution >= 0.6 is 11.6 Å². The lowest BCUT2D eigenvalue weighted by atomic mass is 10.0. The molecule has 0 amide bonds. The Balaban J connectivity index is 1.36. The van der Waals surface area contributed by atoms with Gasteiger partial charge in [-0.2, -0.15) is 0 Å². The molecule has 0 atom stereocenters. The fourth-order valence-corrected chi connectivity index (χ4v) is 3.69. The molecule has 6 nitrogen and oxygen atoms in total. The number of phenols is 2. The fourth-order valence-electron chi connectivity index (χ4n) is 3.56. The molecule has 2 N–H and O–H groups in total. The topological polar surface area (TPSA) is 93.1 Å². The second-order valence-electron chi connectivity index (χ2n) is 9.05. The van der Waals surface area contributed by atoms with E-state index >= 15 is 0 Å². The highest BCUT2D eigenvalue weighted by atomic mass is 35.5. The van der Waals surface area contributed by atoms with Gasteiger partial charge in [-0.05, 0) is 97.8 Å². The number of ether oxygens (including phenoxy) is 2. The summed E-state index contributed by atoms with van der Waals surface area (Å²) in [5.74, 6) is -0.0263. The lowest BCUT2D eigenvalue weighted by Crippen LogP contribution is -2.41. The van der Waals surface area contributed by atoms with Crippen molar-refractivity contribution in [1.82, 2.24) is 0 Å². The van der Waals surface area contributed by atoms with Crippen molar-refractivity contribution in [3.05, 3.63) is 118 Å². The van der Waals surface area contributed by atoms with E-state index in [0.717, 1.165) is 5.56 Å². The van der Waals surface area contributed by atoms with Gasteiger partial charge in [0.25, 0.3) is 0 Å². The van der Waals surface area contributed by atoms with Crippen molar-refractivity contribution in [1.29, 1.82) is 0 Å². The molecule has 0 fully saturated rings. The van der Waals surface area contributed by atoms with Gasteiger partial charge in [0.15, 0.2) is 5.78 Å². The lowest BCUT2D eigenvalue weighted by molar-refractivity contribution is -0.149. The molecule has 0 saturated heterocycles. The molecule has 0 aromatic heterocycles. The van der Waals surface area contributed by atoms with Crippen LogP contribution in [0.2, 0.25) is 5.02 Å². The SMILES string of the molecule is CC(C)(Oc1ccc(C(=O)c2ccc(Cl)cc2)cc1)C(=O)Oc1ccc(C=Cc2cc(O)cc(O)c2)cc1. The highest BCUT2D eigenvalue weighted by Gasteiger charge is 2.32. The molecule has 4 rings (SSSR count). The first kappa shape index (κ1) is 26.5. The van der Waals surface area contributed by atoms with Crippen LogP contribution in [0.4, 0.5) is 0 Å². The molecule has 38 heavy (non-hydrogen) atoms. The molecule has 0 radical (unpaired) electrons. The first-order valence-corrected chi connectivity index (χ1v) is 12.1. The van der Waals surface area contributed by atoms with Crippen LogP contribution in [0.3, 0.4) is 0 Å². The van der Waals surface area contributed by atoms with E-state index in [4.69, 9.17) is 21.1 Å². The maximum Gasteiger partial charge on any atom is 0.355 e. The van der Waals surface area contributed by atoms with Crippen LogP contribution in [0.1, 0.15) is 40.9 Å². The van der Waals surface area contributed by atoms with E-state index in [2.05, 4.69) is 0 Å². The Kier molecular flexibility index (Phi) is 7.84. The molecular weight excluding hydrogens is 504 g/mol. The van der Waals surface area contributed by atoms with Gasteiger partial charge in [-0.1, -0.05) is 35.9 Å². The van der Waals surface area contributed by atoms with Crippen molar-refractivity contribution in [3.63, 3.8) is 0 Å². The van der Waals surface area contributed by atoms with Gasteiger partial charge in [-0.25, -0.2) is 4.79 Å². The minimum Gasteiger partial charge on any atom is -0.508 e. The zero-order chi connectivity index (χ0) is 27.3. The number of ketones is 1. The van der Waals surface area contributed by atoms with Crippen LogP contribution in [0.5, 0.6) is 23.0 Å². The number of hydrogen-bond acceptors (Lipinski definition) is 6. The monoisotopic (exact) mass is 528 g/mol. The van der Waals surface area contributed by atoms with E-state index in [-0.39, 0.29) is 17.3 Å². The Labute approximate surface area is 225 Å². The van der Waals surface area contributed by atoms with Gasteiger partial charge in [0, 0.05) is 22.2 Å². The van der Waals surface area contributed by atoms with E-state index in [0.29, 0.717) is 33.2 Å². The van der Waals surface area contributed by atoms with Crippen molar-refractivity contribution in [3.8, 4) is 23.0 Å². The zero-order valence-corrected chi connectivity index (χ0v) is 21.5. The molecule has 0 unspecified atom stereocenters. The van der Waals surface area contributed by atoms with Gasteiger partial charge in [0.1, 0.15) is 23.0 Å². The van der Waals surface area contributed by atoms with E-state index < -0.39 is 11.6 Å². The molecule has 0 aliphatic rings. The first-order chi connectivity index (χ1) is 18.1.